The van der Waals surface area contributed by atoms with Crippen LogP contribution in [0.2, 0.25) is 0 Å². The first-order chi connectivity index (χ1) is 6.97. The van der Waals surface area contributed by atoms with Gasteiger partial charge in [-0.1, -0.05) is 37.1 Å². The Morgan fingerprint density at radius 2 is 2.07 bits per heavy atom. The molecule has 0 saturated heterocycles. The molecule has 0 amide bonds. The second-order valence-corrected chi connectivity index (χ2v) is 5.18. The van der Waals surface area contributed by atoms with E-state index in [1.807, 2.05) is 6.92 Å². The summed E-state index contributed by atoms with van der Waals surface area (Å²) in [6.45, 7) is 8.94. The lowest BCUT2D eigenvalue weighted by atomic mass is 9.72. The maximum absolute atomic E-state index is 5.46. The third-order valence-corrected chi connectivity index (χ3v) is 3.32. The van der Waals surface area contributed by atoms with Crippen molar-refractivity contribution in [1.82, 2.24) is 0 Å². The summed E-state index contributed by atoms with van der Waals surface area (Å²) in [5.74, 6) is 1.65. The van der Waals surface area contributed by atoms with Gasteiger partial charge in [-0.3, -0.25) is 0 Å². The fourth-order valence-electron chi connectivity index (χ4n) is 2.28. The molecule has 1 rings (SSSR count). The summed E-state index contributed by atoms with van der Waals surface area (Å²) in [6.07, 6.45) is 8.21. The SMILES string of the molecule is [B]/C=C(C)/C=C/C1=C(C)CCCC1(C)C. The van der Waals surface area contributed by atoms with E-state index in [1.54, 1.807) is 5.98 Å². The van der Waals surface area contributed by atoms with Gasteiger partial charge in [0, 0.05) is 0 Å². The second kappa shape index (κ2) is 4.87. The zero-order valence-electron chi connectivity index (χ0n) is 10.4. The van der Waals surface area contributed by atoms with Crippen LogP contribution in [0.4, 0.5) is 0 Å². The zero-order chi connectivity index (χ0) is 11.5. The molecule has 0 heterocycles. The van der Waals surface area contributed by atoms with Gasteiger partial charge in [0.05, 0.1) is 0 Å². The molecule has 2 radical (unpaired) electrons. The number of rotatable bonds is 2. The van der Waals surface area contributed by atoms with Gasteiger partial charge in [-0.15, -0.1) is 5.98 Å². The average molecular weight is 200 g/mol. The molecule has 0 N–H and O–H groups in total. The summed E-state index contributed by atoms with van der Waals surface area (Å²) < 4.78 is 0. The Kier molecular flexibility index (Phi) is 4.01. The molecule has 1 aliphatic rings. The van der Waals surface area contributed by atoms with Gasteiger partial charge in [0.25, 0.3) is 0 Å². The van der Waals surface area contributed by atoms with Crippen LogP contribution in [0.5, 0.6) is 0 Å². The summed E-state index contributed by atoms with van der Waals surface area (Å²) in [7, 11) is 5.46. The van der Waals surface area contributed by atoms with Crippen molar-refractivity contribution < 1.29 is 0 Å². The molecule has 0 fully saturated rings. The van der Waals surface area contributed by atoms with Crippen molar-refractivity contribution in [2.45, 2.75) is 47.0 Å². The van der Waals surface area contributed by atoms with Gasteiger partial charge in [-0.25, -0.2) is 0 Å². The van der Waals surface area contributed by atoms with Crippen LogP contribution in [0.15, 0.2) is 34.8 Å². The molecule has 0 bridgehead atoms. The summed E-state index contributed by atoms with van der Waals surface area (Å²) in [4.78, 5) is 0. The molecule has 0 aromatic rings. The molecule has 15 heavy (non-hydrogen) atoms. The Labute approximate surface area is 95.6 Å². The summed E-state index contributed by atoms with van der Waals surface area (Å²) in [6, 6.07) is 0. The van der Waals surface area contributed by atoms with Gasteiger partial charge < -0.3 is 0 Å². The van der Waals surface area contributed by atoms with E-state index in [1.165, 1.54) is 30.4 Å². The van der Waals surface area contributed by atoms with E-state index in [9.17, 15) is 0 Å². The smallest absolute Gasteiger partial charge is 0.103 e. The monoisotopic (exact) mass is 200 g/mol. The predicted octanol–water partition coefficient (Wildman–Crippen LogP) is 4.14. The van der Waals surface area contributed by atoms with Gasteiger partial charge in [0.1, 0.15) is 7.85 Å². The highest BCUT2D eigenvalue weighted by Gasteiger charge is 2.26. The normalized spacial score (nSPS) is 22.5. The largest absolute Gasteiger partial charge is 0.129 e. The van der Waals surface area contributed by atoms with Crippen LogP contribution in [0.1, 0.15) is 47.0 Å². The number of hydrogen-bond acceptors (Lipinski definition) is 0. The van der Waals surface area contributed by atoms with Crippen molar-refractivity contribution in [3.63, 3.8) is 0 Å². The molecule has 0 aromatic carbocycles. The van der Waals surface area contributed by atoms with Gasteiger partial charge >= 0.3 is 0 Å². The molecular formula is C14H21B. The second-order valence-electron chi connectivity index (χ2n) is 5.18. The lowest BCUT2D eigenvalue weighted by molar-refractivity contribution is 0.377. The van der Waals surface area contributed by atoms with E-state index in [2.05, 4.69) is 32.9 Å². The van der Waals surface area contributed by atoms with Gasteiger partial charge in [-0.2, -0.15) is 0 Å². The van der Waals surface area contributed by atoms with Crippen molar-refractivity contribution in [2.75, 3.05) is 0 Å². The first kappa shape index (κ1) is 12.4. The molecule has 0 saturated carbocycles. The van der Waals surface area contributed by atoms with E-state index in [0.29, 0.717) is 5.41 Å². The van der Waals surface area contributed by atoms with Crippen LogP contribution >= 0.6 is 0 Å². The van der Waals surface area contributed by atoms with E-state index in [-0.39, 0.29) is 0 Å². The Balaban J connectivity index is 2.95. The molecule has 0 aliphatic heterocycles. The third kappa shape index (κ3) is 3.12. The first-order valence-electron chi connectivity index (χ1n) is 5.74. The highest BCUT2D eigenvalue weighted by molar-refractivity contribution is 6.17. The maximum Gasteiger partial charge on any atom is 0.103 e. The summed E-state index contributed by atoms with van der Waals surface area (Å²) in [5, 5.41) is 0. The summed E-state index contributed by atoms with van der Waals surface area (Å²) in [5.41, 5.74) is 4.48. The van der Waals surface area contributed by atoms with Crippen LogP contribution in [-0.2, 0) is 0 Å². The van der Waals surface area contributed by atoms with Crippen LogP contribution in [0.3, 0.4) is 0 Å². The van der Waals surface area contributed by atoms with Gasteiger partial charge in [0.2, 0.25) is 0 Å². The fourth-order valence-corrected chi connectivity index (χ4v) is 2.28. The lowest BCUT2D eigenvalue weighted by Crippen LogP contribution is -2.19. The first-order valence-corrected chi connectivity index (χ1v) is 5.74. The number of hydrogen-bond donors (Lipinski definition) is 0. The molecule has 1 heteroatoms. The molecule has 0 nitrogen and oxygen atoms in total. The maximum atomic E-state index is 5.46. The van der Waals surface area contributed by atoms with Crippen molar-refractivity contribution in [3.8, 4) is 0 Å². The lowest BCUT2D eigenvalue weighted by Gasteiger charge is -2.32. The van der Waals surface area contributed by atoms with Crippen LogP contribution in [0, 0.1) is 5.41 Å². The predicted molar refractivity (Wildman–Crippen MR) is 69.0 cm³/mol. The molecule has 0 unspecified atom stereocenters. The van der Waals surface area contributed by atoms with E-state index >= 15 is 0 Å². The Morgan fingerprint density at radius 1 is 1.40 bits per heavy atom. The standard InChI is InChI=1S/C14H21B/c1-11(10-15)7-8-13-12(2)6-5-9-14(13,3)4/h7-8,10H,5-6,9H2,1-4H3/b8-7+,11-10+. The molecule has 80 valence electrons. The van der Waals surface area contributed by atoms with Crippen molar-refractivity contribution in [3.05, 3.63) is 34.8 Å². The van der Waals surface area contributed by atoms with Gasteiger partial charge in [0.15, 0.2) is 0 Å². The molecular weight excluding hydrogens is 179 g/mol. The Hall–Kier alpha value is -0.715. The molecule has 0 spiro atoms. The van der Waals surface area contributed by atoms with Crippen LogP contribution in [-0.4, -0.2) is 7.85 Å². The van der Waals surface area contributed by atoms with E-state index < -0.39 is 0 Å². The molecule has 0 aromatic heterocycles. The minimum atomic E-state index is 0.327. The fraction of sp³-hybridized carbons (Fsp3) is 0.571. The van der Waals surface area contributed by atoms with E-state index in [4.69, 9.17) is 7.85 Å². The highest BCUT2D eigenvalue weighted by atomic mass is 14.3. The van der Waals surface area contributed by atoms with Crippen LogP contribution in [0.25, 0.3) is 0 Å². The molecule has 0 atom stereocenters. The average Bonchev–Trinajstić information content (AvgIpc) is 2.15. The topological polar surface area (TPSA) is 0 Å². The highest BCUT2D eigenvalue weighted by Crippen LogP contribution is 2.40. The Bertz CT molecular complexity index is 316. The van der Waals surface area contributed by atoms with E-state index in [0.717, 1.165) is 5.57 Å². The number of allylic oxidation sites excluding steroid dienone is 5. The minimum absolute atomic E-state index is 0.327. The molecule has 1 aliphatic carbocycles. The van der Waals surface area contributed by atoms with Crippen molar-refractivity contribution in [2.24, 2.45) is 5.41 Å². The van der Waals surface area contributed by atoms with Crippen LogP contribution < -0.4 is 0 Å². The minimum Gasteiger partial charge on any atom is -0.129 e. The quantitative estimate of drug-likeness (QED) is 0.464. The zero-order valence-corrected chi connectivity index (χ0v) is 10.4. The summed E-state index contributed by atoms with van der Waals surface area (Å²) >= 11 is 0. The van der Waals surface area contributed by atoms with Gasteiger partial charge in [-0.05, 0) is 44.1 Å². The third-order valence-electron chi connectivity index (χ3n) is 3.32. The Morgan fingerprint density at radius 3 is 2.60 bits per heavy atom. The van der Waals surface area contributed by atoms with Crippen molar-refractivity contribution >= 4 is 7.85 Å². The van der Waals surface area contributed by atoms with Crippen molar-refractivity contribution in [1.29, 1.82) is 0 Å².